The van der Waals surface area contributed by atoms with Crippen LogP contribution in [0.1, 0.15) is 44.7 Å². The van der Waals surface area contributed by atoms with E-state index in [9.17, 15) is 9.50 Å². The number of anilines is 1. The second-order valence-corrected chi connectivity index (χ2v) is 8.67. The maximum Gasteiger partial charge on any atom is 0.220 e. The van der Waals surface area contributed by atoms with Gasteiger partial charge in [0.2, 0.25) is 5.95 Å². The minimum atomic E-state index is -0.534. The lowest BCUT2D eigenvalue weighted by Crippen LogP contribution is -2.30. The van der Waals surface area contributed by atoms with Crippen LogP contribution in [0, 0.1) is 5.95 Å². The standard InChI is InChI=1S/C26H28FN7O.C2H6/c1-2-16-11-19(35)7-8-22(16)33-26(28)21-14-32-34-15-17(20-6-4-10-30-25(20)27)12-23(34)24(21)31-13-18-5-3-9-29-18;1-2/h4,6-8,10-12,14-15,18,29,31,35H,2-3,5,9,13H2,1H3,(H2,28,33);1-2H3. The molecular formula is C28H34FN7O. The van der Waals surface area contributed by atoms with Crippen LogP contribution < -0.4 is 16.4 Å². The number of hydrogen-bond acceptors (Lipinski definition) is 6. The number of rotatable bonds is 7. The van der Waals surface area contributed by atoms with E-state index in [1.54, 1.807) is 47.2 Å². The van der Waals surface area contributed by atoms with Crippen LogP contribution in [0.25, 0.3) is 16.6 Å². The van der Waals surface area contributed by atoms with Crippen LogP contribution in [0.3, 0.4) is 0 Å². The molecule has 0 radical (unpaired) electrons. The molecule has 1 unspecified atom stereocenters. The van der Waals surface area contributed by atoms with E-state index < -0.39 is 5.95 Å². The fraction of sp³-hybridized carbons (Fsp3) is 0.321. The number of aromatic hydroxyl groups is 1. The van der Waals surface area contributed by atoms with Crippen molar-refractivity contribution in [3.63, 3.8) is 0 Å². The van der Waals surface area contributed by atoms with E-state index in [1.165, 1.54) is 6.20 Å². The molecule has 1 atom stereocenters. The van der Waals surface area contributed by atoms with E-state index in [4.69, 9.17) is 5.73 Å². The van der Waals surface area contributed by atoms with Crippen molar-refractivity contribution >= 4 is 22.7 Å². The van der Waals surface area contributed by atoms with Gasteiger partial charge < -0.3 is 21.5 Å². The number of phenolic OH excluding ortho intramolecular Hbond substituents is 1. The quantitative estimate of drug-likeness (QED) is 0.160. The van der Waals surface area contributed by atoms with Crippen LogP contribution in [-0.2, 0) is 6.42 Å². The van der Waals surface area contributed by atoms with Crippen LogP contribution >= 0.6 is 0 Å². The summed E-state index contributed by atoms with van der Waals surface area (Å²) in [6, 6.07) is 10.7. The van der Waals surface area contributed by atoms with Crippen LogP contribution in [-0.4, -0.2) is 44.7 Å². The van der Waals surface area contributed by atoms with Crippen molar-refractivity contribution in [2.45, 2.75) is 46.1 Å². The summed E-state index contributed by atoms with van der Waals surface area (Å²) < 4.78 is 16.1. The molecule has 3 aromatic heterocycles. The summed E-state index contributed by atoms with van der Waals surface area (Å²) in [5, 5.41) is 21.4. The Kier molecular flexibility index (Phi) is 8.35. The molecule has 0 aliphatic carbocycles. The highest BCUT2D eigenvalue weighted by Crippen LogP contribution is 2.31. The Morgan fingerprint density at radius 3 is 2.86 bits per heavy atom. The number of aromatic nitrogens is 3. The van der Waals surface area contributed by atoms with Crippen LogP contribution in [0.15, 0.2) is 60.0 Å². The molecule has 0 amide bonds. The third-order valence-electron chi connectivity index (χ3n) is 6.36. The van der Waals surface area contributed by atoms with Crippen LogP contribution in [0.5, 0.6) is 5.75 Å². The molecule has 8 nitrogen and oxygen atoms in total. The van der Waals surface area contributed by atoms with Gasteiger partial charge in [0.05, 0.1) is 28.7 Å². The second-order valence-electron chi connectivity index (χ2n) is 8.67. The molecule has 4 aromatic rings. The van der Waals surface area contributed by atoms with Crippen molar-refractivity contribution in [2.24, 2.45) is 10.7 Å². The third-order valence-corrected chi connectivity index (χ3v) is 6.36. The molecule has 4 heterocycles. The normalized spacial score (nSPS) is 15.5. The molecule has 5 N–H and O–H groups in total. The Bertz CT molecular complexity index is 1390. The first-order valence-electron chi connectivity index (χ1n) is 12.8. The van der Waals surface area contributed by atoms with Crippen molar-refractivity contribution in [1.82, 2.24) is 19.9 Å². The fourth-order valence-corrected chi connectivity index (χ4v) is 4.50. The van der Waals surface area contributed by atoms with Crippen molar-refractivity contribution in [3.8, 4) is 16.9 Å². The van der Waals surface area contributed by atoms with Gasteiger partial charge in [-0.2, -0.15) is 9.49 Å². The highest BCUT2D eigenvalue weighted by molar-refractivity contribution is 6.06. The molecule has 1 aliphatic heterocycles. The molecule has 9 heteroatoms. The van der Waals surface area contributed by atoms with Gasteiger partial charge in [-0.15, -0.1) is 0 Å². The number of nitrogens with two attached hydrogens (primary N) is 1. The molecule has 1 aromatic carbocycles. The Balaban J connectivity index is 0.00000156. The van der Waals surface area contributed by atoms with Gasteiger partial charge >= 0.3 is 0 Å². The predicted molar refractivity (Wildman–Crippen MR) is 147 cm³/mol. The first-order valence-corrected chi connectivity index (χ1v) is 12.8. The number of fused-ring (bicyclic) bond motifs is 1. The van der Waals surface area contributed by atoms with Gasteiger partial charge in [0, 0.05) is 36.1 Å². The van der Waals surface area contributed by atoms with Crippen molar-refractivity contribution in [2.75, 3.05) is 18.4 Å². The van der Waals surface area contributed by atoms with Gasteiger partial charge in [-0.05, 0) is 67.8 Å². The fourth-order valence-electron chi connectivity index (χ4n) is 4.50. The first-order chi connectivity index (χ1) is 18.0. The minimum Gasteiger partial charge on any atom is -0.508 e. The van der Waals surface area contributed by atoms with Crippen molar-refractivity contribution < 1.29 is 9.50 Å². The molecule has 0 saturated carbocycles. The summed E-state index contributed by atoms with van der Waals surface area (Å²) >= 11 is 0. The summed E-state index contributed by atoms with van der Waals surface area (Å²) in [6.45, 7) is 7.71. The lowest BCUT2D eigenvalue weighted by molar-refractivity contribution is 0.474. The molecule has 0 bridgehead atoms. The molecule has 0 spiro atoms. The Morgan fingerprint density at radius 1 is 1.30 bits per heavy atom. The molecule has 37 heavy (non-hydrogen) atoms. The second kappa shape index (κ2) is 11.8. The molecule has 1 fully saturated rings. The smallest absolute Gasteiger partial charge is 0.220 e. The summed E-state index contributed by atoms with van der Waals surface area (Å²) in [6.07, 6.45) is 7.82. The Hall–Kier alpha value is -3.98. The zero-order valence-corrected chi connectivity index (χ0v) is 21.5. The molecule has 5 rings (SSSR count). The van der Waals surface area contributed by atoms with Crippen LogP contribution in [0.4, 0.5) is 15.8 Å². The average Bonchev–Trinajstić information content (AvgIpc) is 3.60. The summed E-state index contributed by atoms with van der Waals surface area (Å²) in [4.78, 5) is 8.45. The van der Waals surface area contributed by atoms with E-state index in [2.05, 4.69) is 25.7 Å². The Labute approximate surface area is 216 Å². The first kappa shape index (κ1) is 26.1. The number of nitrogens with one attached hydrogen (secondary N) is 2. The number of benzene rings is 1. The minimum absolute atomic E-state index is 0.192. The number of pyridine rings is 1. The maximum absolute atomic E-state index is 14.4. The van der Waals surface area contributed by atoms with Crippen LogP contribution in [0.2, 0.25) is 0 Å². The average molecular weight is 504 g/mol. The number of amidine groups is 1. The lowest BCUT2D eigenvalue weighted by Gasteiger charge is -2.17. The number of aliphatic imine (C=N–C) groups is 1. The Morgan fingerprint density at radius 2 is 2.14 bits per heavy atom. The van der Waals surface area contributed by atoms with Gasteiger partial charge in [0.25, 0.3) is 0 Å². The number of hydrogen-bond donors (Lipinski definition) is 4. The van der Waals surface area contributed by atoms with Gasteiger partial charge in [-0.1, -0.05) is 20.8 Å². The highest BCUT2D eigenvalue weighted by Gasteiger charge is 2.19. The topological polar surface area (TPSA) is 113 Å². The van der Waals surface area contributed by atoms with Gasteiger partial charge in [0.15, 0.2) is 0 Å². The summed E-state index contributed by atoms with van der Waals surface area (Å²) in [7, 11) is 0. The van der Waals surface area contributed by atoms with Gasteiger partial charge in [0.1, 0.15) is 11.6 Å². The molecule has 1 saturated heterocycles. The van der Waals surface area contributed by atoms with Crippen molar-refractivity contribution in [3.05, 3.63) is 72.1 Å². The van der Waals surface area contributed by atoms with E-state index in [0.29, 0.717) is 47.2 Å². The largest absolute Gasteiger partial charge is 0.508 e. The number of phenols is 1. The number of halogens is 1. The van der Waals surface area contributed by atoms with E-state index in [-0.39, 0.29) is 5.75 Å². The highest BCUT2D eigenvalue weighted by atomic mass is 19.1. The monoisotopic (exact) mass is 503 g/mol. The van der Waals surface area contributed by atoms with E-state index in [0.717, 1.165) is 36.2 Å². The maximum atomic E-state index is 14.4. The zero-order chi connectivity index (χ0) is 26.4. The predicted octanol–water partition coefficient (Wildman–Crippen LogP) is 5.03. The van der Waals surface area contributed by atoms with E-state index >= 15 is 0 Å². The van der Waals surface area contributed by atoms with Gasteiger partial charge in [-0.3, -0.25) is 0 Å². The SMILES string of the molecule is CC.CCc1cc(O)ccc1N=C(N)c1cnn2cc(-c3cccnc3F)cc2c1NCC1CCCN1. The summed E-state index contributed by atoms with van der Waals surface area (Å²) in [5.74, 6) is -0.0383. The third kappa shape index (κ3) is 5.72. The number of nitrogens with zero attached hydrogens (tertiary/aromatic N) is 4. The number of aryl methyl sites for hydroxylation is 1. The zero-order valence-electron chi connectivity index (χ0n) is 21.5. The lowest BCUT2D eigenvalue weighted by atomic mass is 10.1. The molecular weight excluding hydrogens is 469 g/mol. The molecule has 194 valence electrons. The van der Waals surface area contributed by atoms with E-state index in [1.807, 2.05) is 26.8 Å². The summed E-state index contributed by atoms with van der Waals surface area (Å²) in [5.41, 5.74) is 11.4. The molecule has 1 aliphatic rings. The van der Waals surface area contributed by atoms with Gasteiger partial charge in [-0.25, -0.2) is 14.5 Å². The van der Waals surface area contributed by atoms with Crippen molar-refractivity contribution in [1.29, 1.82) is 0 Å².